The summed E-state index contributed by atoms with van der Waals surface area (Å²) in [5, 5.41) is 13.7. The number of ether oxygens (including phenoxy) is 1. The minimum atomic E-state index is -0.674. The number of nitrogens with one attached hydrogen (secondary N) is 1. The molecule has 1 atom stereocenters. The molecule has 0 saturated carbocycles. The third-order valence-corrected chi connectivity index (χ3v) is 3.57. The van der Waals surface area contributed by atoms with E-state index in [4.69, 9.17) is 16.3 Å². The second kappa shape index (κ2) is 5.76. The predicted molar refractivity (Wildman–Crippen MR) is 80.7 cm³/mol. The first-order valence-electron chi connectivity index (χ1n) is 6.61. The Balaban J connectivity index is 1.80. The number of amides is 1. The SMILES string of the molecule is O=C1COc2ccc(C(O)Cc3cccc(Cl)c3)cc2N1. The summed E-state index contributed by atoms with van der Waals surface area (Å²) in [6.07, 6.45) is -0.221. The first-order chi connectivity index (χ1) is 10.1. The van der Waals surface area contributed by atoms with E-state index in [-0.39, 0.29) is 12.5 Å². The lowest BCUT2D eigenvalue weighted by molar-refractivity contribution is -0.118. The second-order valence-electron chi connectivity index (χ2n) is 4.94. The van der Waals surface area contributed by atoms with E-state index in [1.807, 2.05) is 18.2 Å². The Labute approximate surface area is 127 Å². The van der Waals surface area contributed by atoms with Crippen LogP contribution >= 0.6 is 11.6 Å². The van der Waals surface area contributed by atoms with Crippen LogP contribution in [0.4, 0.5) is 5.69 Å². The number of halogens is 1. The van der Waals surface area contributed by atoms with Gasteiger partial charge in [0.25, 0.3) is 5.91 Å². The van der Waals surface area contributed by atoms with Crippen LogP contribution < -0.4 is 10.1 Å². The summed E-state index contributed by atoms with van der Waals surface area (Å²) in [6, 6.07) is 12.7. The monoisotopic (exact) mass is 303 g/mol. The van der Waals surface area contributed by atoms with E-state index in [1.54, 1.807) is 24.3 Å². The summed E-state index contributed by atoms with van der Waals surface area (Å²) in [5.74, 6) is 0.428. The molecule has 0 radical (unpaired) electrons. The lowest BCUT2D eigenvalue weighted by Crippen LogP contribution is -2.25. The fraction of sp³-hybridized carbons (Fsp3) is 0.188. The Kier molecular flexibility index (Phi) is 3.82. The van der Waals surface area contributed by atoms with Crippen molar-refractivity contribution in [1.82, 2.24) is 0 Å². The number of hydrogen-bond acceptors (Lipinski definition) is 3. The molecule has 0 aromatic heterocycles. The summed E-state index contributed by atoms with van der Waals surface area (Å²) in [5.41, 5.74) is 2.27. The van der Waals surface area contributed by atoms with Crippen LogP contribution in [0.15, 0.2) is 42.5 Å². The summed E-state index contributed by atoms with van der Waals surface area (Å²) >= 11 is 5.94. The number of aliphatic hydroxyl groups is 1. The van der Waals surface area contributed by atoms with E-state index in [1.165, 1.54) is 0 Å². The lowest BCUT2D eigenvalue weighted by atomic mass is 10.0. The largest absolute Gasteiger partial charge is 0.482 e. The number of carbonyl (C=O) groups excluding carboxylic acids is 1. The summed E-state index contributed by atoms with van der Waals surface area (Å²) in [7, 11) is 0. The predicted octanol–water partition coefficient (Wildman–Crippen LogP) is 2.95. The molecule has 1 aliphatic heterocycles. The number of aliphatic hydroxyl groups excluding tert-OH is 1. The standard InChI is InChI=1S/C16H14ClNO3/c17-12-3-1-2-10(6-12)7-14(19)11-4-5-15-13(8-11)18-16(20)9-21-15/h1-6,8,14,19H,7,9H2,(H,18,20). The molecule has 2 aromatic rings. The molecule has 1 amide bonds. The van der Waals surface area contributed by atoms with Crippen LogP contribution in [0.25, 0.3) is 0 Å². The van der Waals surface area contributed by atoms with Gasteiger partial charge in [0.15, 0.2) is 6.61 Å². The topological polar surface area (TPSA) is 58.6 Å². The van der Waals surface area contributed by atoms with E-state index in [0.29, 0.717) is 22.9 Å². The average molecular weight is 304 g/mol. The van der Waals surface area contributed by atoms with Crippen LogP contribution in [0.2, 0.25) is 5.02 Å². The number of benzene rings is 2. The quantitative estimate of drug-likeness (QED) is 0.916. The second-order valence-corrected chi connectivity index (χ2v) is 5.38. The number of rotatable bonds is 3. The van der Waals surface area contributed by atoms with Gasteiger partial charge in [-0.3, -0.25) is 4.79 Å². The third kappa shape index (κ3) is 3.17. The average Bonchev–Trinajstić information content (AvgIpc) is 2.46. The minimum absolute atomic E-state index is 0.0252. The zero-order valence-corrected chi connectivity index (χ0v) is 11.9. The molecule has 0 bridgehead atoms. The highest BCUT2D eigenvalue weighted by Gasteiger charge is 2.18. The number of fused-ring (bicyclic) bond motifs is 1. The van der Waals surface area contributed by atoms with Gasteiger partial charge >= 0.3 is 0 Å². The van der Waals surface area contributed by atoms with Crippen molar-refractivity contribution in [3.8, 4) is 5.75 Å². The van der Waals surface area contributed by atoms with Gasteiger partial charge < -0.3 is 15.2 Å². The van der Waals surface area contributed by atoms with Crippen molar-refractivity contribution in [2.75, 3.05) is 11.9 Å². The minimum Gasteiger partial charge on any atom is -0.482 e. The van der Waals surface area contributed by atoms with Crippen molar-refractivity contribution in [1.29, 1.82) is 0 Å². The van der Waals surface area contributed by atoms with Crippen LogP contribution in [-0.4, -0.2) is 17.6 Å². The van der Waals surface area contributed by atoms with Crippen LogP contribution in [0.3, 0.4) is 0 Å². The van der Waals surface area contributed by atoms with Gasteiger partial charge in [-0.15, -0.1) is 0 Å². The van der Waals surface area contributed by atoms with Gasteiger partial charge in [0.2, 0.25) is 0 Å². The number of hydrogen-bond donors (Lipinski definition) is 2. The Hall–Kier alpha value is -2.04. The zero-order chi connectivity index (χ0) is 14.8. The maximum Gasteiger partial charge on any atom is 0.262 e. The van der Waals surface area contributed by atoms with E-state index >= 15 is 0 Å². The molecule has 4 nitrogen and oxygen atoms in total. The van der Waals surface area contributed by atoms with Gasteiger partial charge in [-0.05, 0) is 35.4 Å². The summed E-state index contributed by atoms with van der Waals surface area (Å²) in [4.78, 5) is 11.3. The molecule has 1 unspecified atom stereocenters. The number of carbonyl (C=O) groups is 1. The van der Waals surface area contributed by atoms with E-state index < -0.39 is 6.10 Å². The van der Waals surface area contributed by atoms with Crippen LogP contribution in [0, 0.1) is 0 Å². The van der Waals surface area contributed by atoms with Crippen molar-refractivity contribution >= 4 is 23.2 Å². The molecule has 2 N–H and O–H groups in total. The van der Waals surface area contributed by atoms with Gasteiger partial charge in [0.05, 0.1) is 11.8 Å². The normalized spacial score (nSPS) is 14.9. The van der Waals surface area contributed by atoms with Crippen LogP contribution in [0.1, 0.15) is 17.2 Å². The molecule has 21 heavy (non-hydrogen) atoms. The first kappa shape index (κ1) is 13.9. The van der Waals surface area contributed by atoms with Crippen molar-refractivity contribution in [3.63, 3.8) is 0 Å². The molecule has 1 aliphatic rings. The fourth-order valence-electron chi connectivity index (χ4n) is 2.31. The zero-order valence-electron chi connectivity index (χ0n) is 11.2. The lowest BCUT2D eigenvalue weighted by Gasteiger charge is -2.20. The fourth-order valence-corrected chi connectivity index (χ4v) is 2.53. The highest BCUT2D eigenvalue weighted by atomic mass is 35.5. The molecule has 2 aromatic carbocycles. The first-order valence-corrected chi connectivity index (χ1v) is 6.99. The van der Waals surface area contributed by atoms with E-state index in [2.05, 4.69) is 5.32 Å². The van der Waals surface area contributed by atoms with Crippen molar-refractivity contribution in [3.05, 3.63) is 58.6 Å². The van der Waals surface area contributed by atoms with Crippen molar-refractivity contribution in [2.24, 2.45) is 0 Å². The summed E-state index contributed by atoms with van der Waals surface area (Å²) in [6.45, 7) is 0.0252. The molecule has 0 spiro atoms. The van der Waals surface area contributed by atoms with Gasteiger partial charge in [-0.25, -0.2) is 0 Å². The highest BCUT2D eigenvalue weighted by Crippen LogP contribution is 2.31. The molecule has 0 aliphatic carbocycles. The molecule has 3 rings (SSSR count). The number of anilines is 1. The molecular weight excluding hydrogens is 290 g/mol. The molecule has 108 valence electrons. The maximum atomic E-state index is 11.3. The Morgan fingerprint density at radius 1 is 1.29 bits per heavy atom. The smallest absolute Gasteiger partial charge is 0.262 e. The van der Waals surface area contributed by atoms with Gasteiger partial charge in [-0.1, -0.05) is 29.8 Å². The third-order valence-electron chi connectivity index (χ3n) is 3.34. The van der Waals surface area contributed by atoms with Crippen molar-refractivity contribution < 1.29 is 14.6 Å². The Bertz CT molecular complexity index is 687. The van der Waals surface area contributed by atoms with Crippen molar-refractivity contribution in [2.45, 2.75) is 12.5 Å². The van der Waals surface area contributed by atoms with E-state index in [9.17, 15) is 9.90 Å². The van der Waals surface area contributed by atoms with Crippen LogP contribution in [0.5, 0.6) is 5.75 Å². The van der Waals surface area contributed by atoms with Gasteiger partial charge in [-0.2, -0.15) is 0 Å². The molecule has 0 saturated heterocycles. The molecule has 5 heteroatoms. The summed E-state index contributed by atoms with van der Waals surface area (Å²) < 4.78 is 5.29. The molecule has 1 heterocycles. The highest BCUT2D eigenvalue weighted by molar-refractivity contribution is 6.30. The van der Waals surface area contributed by atoms with Gasteiger partial charge in [0.1, 0.15) is 5.75 Å². The van der Waals surface area contributed by atoms with Crippen LogP contribution in [-0.2, 0) is 11.2 Å². The Morgan fingerprint density at radius 3 is 2.95 bits per heavy atom. The van der Waals surface area contributed by atoms with E-state index in [0.717, 1.165) is 11.1 Å². The molecular formula is C16H14ClNO3. The van der Waals surface area contributed by atoms with Gasteiger partial charge in [0, 0.05) is 11.4 Å². The molecule has 0 fully saturated rings. The Morgan fingerprint density at radius 2 is 2.14 bits per heavy atom. The maximum absolute atomic E-state index is 11.3.